The van der Waals surface area contributed by atoms with E-state index in [0.717, 1.165) is 43.4 Å². The Morgan fingerprint density at radius 3 is 2.70 bits per heavy atom. The van der Waals surface area contributed by atoms with E-state index in [1.165, 1.54) is 17.6 Å². The van der Waals surface area contributed by atoms with Gasteiger partial charge in [0.15, 0.2) is 0 Å². The molecule has 3 nitrogen and oxygen atoms in total. The van der Waals surface area contributed by atoms with Crippen molar-refractivity contribution in [2.45, 2.75) is 77.9 Å². The van der Waals surface area contributed by atoms with E-state index in [1.807, 2.05) is 6.92 Å². The molecule has 146 valence electrons. The summed E-state index contributed by atoms with van der Waals surface area (Å²) in [5.41, 5.74) is 3.44. The van der Waals surface area contributed by atoms with Crippen molar-refractivity contribution in [3.05, 3.63) is 35.1 Å². The summed E-state index contributed by atoms with van der Waals surface area (Å²) in [7, 11) is 0. The van der Waals surface area contributed by atoms with Gasteiger partial charge in [-0.05, 0) is 72.1 Å². The second-order valence-corrected chi connectivity index (χ2v) is 10.2. The highest BCUT2D eigenvalue weighted by atomic mass is 16.6. The number of carbonyl (C=O) groups excluding carboxylic acids is 1. The van der Waals surface area contributed by atoms with Gasteiger partial charge in [-0.1, -0.05) is 23.8 Å². The van der Waals surface area contributed by atoms with E-state index in [2.05, 4.69) is 33.4 Å². The lowest BCUT2D eigenvalue weighted by Gasteiger charge is -2.66. The van der Waals surface area contributed by atoms with Crippen molar-refractivity contribution < 1.29 is 14.3 Å². The summed E-state index contributed by atoms with van der Waals surface area (Å²) >= 11 is 0. The van der Waals surface area contributed by atoms with Crippen molar-refractivity contribution >= 4 is 5.97 Å². The van der Waals surface area contributed by atoms with Gasteiger partial charge in [-0.15, -0.1) is 0 Å². The van der Waals surface area contributed by atoms with Gasteiger partial charge >= 0.3 is 5.97 Å². The van der Waals surface area contributed by atoms with Crippen LogP contribution in [0.4, 0.5) is 0 Å². The highest BCUT2D eigenvalue weighted by Crippen LogP contribution is 2.74. The van der Waals surface area contributed by atoms with Crippen LogP contribution >= 0.6 is 0 Å². The molecule has 3 aliphatic carbocycles. The molecule has 3 heteroatoms. The number of rotatable bonds is 0. The van der Waals surface area contributed by atoms with Gasteiger partial charge in [0.05, 0.1) is 5.57 Å². The fourth-order valence-electron chi connectivity index (χ4n) is 7.43. The molecule has 1 saturated heterocycles. The van der Waals surface area contributed by atoms with Crippen LogP contribution in [0.3, 0.4) is 0 Å². The Hall–Kier alpha value is -1.51. The summed E-state index contributed by atoms with van der Waals surface area (Å²) < 4.78 is 12.4. The molecule has 0 radical (unpaired) electrons. The first-order valence-corrected chi connectivity index (χ1v) is 10.7. The lowest BCUT2D eigenvalue weighted by Crippen LogP contribution is -2.68. The van der Waals surface area contributed by atoms with Crippen LogP contribution in [0.1, 0.15) is 66.2 Å². The van der Waals surface area contributed by atoms with Gasteiger partial charge in [0, 0.05) is 23.2 Å². The molecule has 0 aromatic rings. The monoisotopic (exact) mass is 368 g/mol. The van der Waals surface area contributed by atoms with Gasteiger partial charge in [0.2, 0.25) is 0 Å². The van der Waals surface area contributed by atoms with E-state index in [1.54, 1.807) is 0 Å². The average molecular weight is 369 g/mol. The molecule has 6 atom stereocenters. The number of esters is 1. The zero-order valence-corrected chi connectivity index (χ0v) is 17.1. The number of hydrogen-bond acceptors (Lipinski definition) is 3. The third-order valence-corrected chi connectivity index (χ3v) is 8.59. The van der Waals surface area contributed by atoms with Crippen molar-refractivity contribution in [3.63, 3.8) is 0 Å². The maximum atomic E-state index is 12.9. The fraction of sp³-hybridized carbons (Fsp3) is 0.708. The molecule has 0 N–H and O–H groups in total. The van der Waals surface area contributed by atoms with Crippen LogP contribution in [0.25, 0.3) is 0 Å². The third kappa shape index (κ3) is 2.12. The van der Waals surface area contributed by atoms with Gasteiger partial charge in [-0.2, -0.15) is 0 Å². The summed E-state index contributed by atoms with van der Waals surface area (Å²) in [6.45, 7) is 12.9. The quantitative estimate of drug-likeness (QED) is 0.428. The summed E-state index contributed by atoms with van der Waals surface area (Å²) in [5.74, 6) is 2.40. The van der Waals surface area contributed by atoms with Crippen molar-refractivity contribution in [1.29, 1.82) is 0 Å². The number of carbonyl (C=O) groups is 1. The SMILES string of the molecule is C=C1CC/C=C(\C)CC[C@@H]2[C@@H]1[C@@H]1OC(C)=C3C(=O)OC(C)(C)[C@@H]4CC[C@@]21[C@@H]34. The lowest BCUT2D eigenvalue weighted by molar-refractivity contribution is -0.228. The van der Waals surface area contributed by atoms with E-state index in [0.29, 0.717) is 23.7 Å². The average Bonchev–Trinajstić information content (AvgIpc) is 3.00. The largest absolute Gasteiger partial charge is 0.493 e. The highest BCUT2D eigenvalue weighted by molar-refractivity contribution is 5.91. The topological polar surface area (TPSA) is 35.5 Å². The Labute approximate surface area is 162 Å². The minimum atomic E-state index is -0.382. The normalized spacial score (nSPS) is 47.0. The molecule has 3 fully saturated rings. The first kappa shape index (κ1) is 17.6. The molecule has 5 rings (SSSR count). The molecule has 0 aromatic carbocycles. The molecular formula is C24H32O3. The Morgan fingerprint density at radius 2 is 1.93 bits per heavy atom. The number of cyclic esters (lactones) is 1. The molecule has 5 aliphatic rings. The smallest absolute Gasteiger partial charge is 0.338 e. The zero-order chi connectivity index (χ0) is 19.1. The van der Waals surface area contributed by atoms with Crippen LogP contribution in [0.15, 0.2) is 35.1 Å². The Bertz CT molecular complexity index is 785. The number of allylic oxidation sites excluding steroid dienone is 3. The van der Waals surface area contributed by atoms with Crippen LogP contribution < -0.4 is 0 Å². The van der Waals surface area contributed by atoms with E-state index in [9.17, 15) is 4.79 Å². The molecule has 2 aliphatic heterocycles. The highest BCUT2D eigenvalue weighted by Gasteiger charge is 2.75. The third-order valence-electron chi connectivity index (χ3n) is 8.59. The Morgan fingerprint density at radius 1 is 1.15 bits per heavy atom. The molecule has 0 amide bonds. The molecule has 2 heterocycles. The Kier molecular flexibility index (Phi) is 3.59. The van der Waals surface area contributed by atoms with Crippen LogP contribution in [0.5, 0.6) is 0 Å². The first-order valence-electron chi connectivity index (χ1n) is 10.7. The lowest BCUT2D eigenvalue weighted by atomic mass is 9.42. The molecule has 0 bridgehead atoms. The van der Waals surface area contributed by atoms with Crippen LogP contribution in [0, 0.1) is 29.1 Å². The van der Waals surface area contributed by atoms with Crippen molar-refractivity contribution in [3.8, 4) is 0 Å². The number of hydrogen-bond donors (Lipinski definition) is 0. The Balaban J connectivity index is 1.62. The molecule has 27 heavy (non-hydrogen) atoms. The maximum absolute atomic E-state index is 12.9. The van der Waals surface area contributed by atoms with E-state index in [4.69, 9.17) is 9.47 Å². The predicted molar refractivity (Wildman–Crippen MR) is 105 cm³/mol. The van der Waals surface area contributed by atoms with Crippen molar-refractivity contribution in [1.82, 2.24) is 0 Å². The summed E-state index contributed by atoms with van der Waals surface area (Å²) in [6.07, 6.45) is 9.39. The minimum absolute atomic E-state index is 0.106. The van der Waals surface area contributed by atoms with Crippen LogP contribution in [-0.2, 0) is 14.3 Å². The summed E-state index contributed by atoms with van der Waals surface area (Å²) in [4.78, 5) is 12.9. The number of ether oxygens (including phenoxy) is 2. The van der Waals surface area contributed by atoms with E-state index in [-0.39, 0.29) is 23.1 Å². The molecule has 2 saturated carbocycles. The van der Waals surface area contributed by atoms with Gasteiger partial charge in [-0.3, -0.25) is 0 Å². The van der Waals surface area contributed by atoms with Gasteiger partial charge < -0.3 is 9.47 Å². The molecule has 0 aromatic heterocycles. The second-order valence-electron chi connectivity index (χ2n) is 10.2. The summed E-state index contributed by atoms with van der Waals surface area (Å²) in [6, 6.07) is 0. The predicted octanol–water partition coefficient (Wildman–Crippen LogP) is 5.33. The molecule has 0 unspecified atom stereocenters. The van der Waals surface area contributed by atoms with Crippen LogP contribution in [-0.4, -0.2) is 17.7 Å². The standard InChI is InChI=1S/C24H32O3/c1-13-7-6-8-14(2)18-16(10-9-13)24-12-11-17-20(24)19(15(3)26-21(18)24)22(25)27-23(17,4)5/h7,16-18,20-21H,2,6,8-12H2,1,3-5H3/b13-7+/t16-,17-,18-,20-,21+,24+/m1/s1. The van der Waals surface area contributed by atoms with E-state index >= 15 is 0 Å². The van der Waals surface area contributed by atoms with Crippen molar-refractivity contribution in [2.24, 2.45) is 29.1 Å². The molecular weight excluding hydrogens is 336 g/mol. The second kappa shape index (κ2) is 5.52. The van der Waals surface area contributed by atoms with Gasteiger partial charge in [0.1, 0.15) is 17.5 Å². The fourth-order valence-corrected chi connectivity index (χ4v) is 7.43. The molecule has 1 spiro atoms. The first-order chi connectivity index (χ1) is 12.8. The minimum Gasteiger partial charge on any atom is -0.493 e. The maximum Gasteiger partial charge on any atom is 0.338 e. The van der Waals surface area contributed by atoms with E-state index < -0.39 is 0 Å². The van der Waals surface area contributed by atoms with Crippen LogP contribution in [0.2, 0.25) is 0 Å². The van der Waals surface area contributed by atoms with Gasteiger partial charge in [-0.25, -0.2) is 4.79 Å². The number of fused-ring (bicyclic) bond motifs is 2. The zero-order valence-electron chi connectivity index (χ0n) is 17.1. The summed E-state index contributed by atoms with van der Waals surface area (Å²) in [5, 5.41) is 0. The van der Waals surface area contributed by atoms with Crippen molar-refractivity contribution in [2.75, 3.05) is 0 Å². The van der Waals surface area contributed by atoms with Gasteiger partial charge in [0.25, 0.3) is 0 Å².